The van der Waals surface area contributed by atoms with Crippen molar-refractivity contribution < 1.29 is 14.3 Å². The molecule has 0 fully saturated rings. The highest BCUT2D eigenvalue weighted by Gasteiger charge is 2.19. The van der Waals surface area contributed by atoms with Gasteiger partial charge in [0.25, 0.3) is 5.91 Å². The molecule has 32 heavy (non-hydrogen) atoms. The van der Waals surface area contributed by atoms with Crippen molar-refractivity contribution in [1.82, 2.24) is 14.8 Å². The number of aromatic nitrogens is 3. The van der Waals surface area contributed by atoms with Gasteiger partial charge in [-0.2, -0.15) is 5.10 Å². The Labute approximate surface area is 197 Å². The number of carbonyl (C=O) groups is 2. The number of esters is 1. The maximum absolute atomic E-state index is 12.5. The van der Waals surface area contributed by atoms with Crippen LogP contribution in [0.4, 0.5) is 5.82 Å². The van der Waals surface area contributed by atoms with E-state index in [2.05, 4.69) is 15.4 Å². The van der Waals surface area contributed by atoms with Gasteiger partial charge in [-0.25, -0.2) is 9.78 Å². The number of aryl methyl sites for hydroxylation is 1. The maximum atomic E-state index is 12.5. The Bertz CT molecular complexity index is 1320. The van der Waals surface area contributed by atoms with Crippen LogP contribution in [0, 0.1) is 13.8 Å². The standard InChI is InChI=1S/C22H18Cl2N4O3S/c1-12-16(23)9-25-20(19(12)24)26-18(29)11-31-22(30)17-8-15-13(2)27-28(21(15)32-17)10-14-6-4-3-5-7-14/h3-9H,10-11H2,1-2H3,(H,25,26,29). The predicted molar refractivity (Wildman–Crippen MR) is 126 cm³/mol. The fraction of sp³-hybridized carbons (Fsp3) is 0.182. The lowest BCUT2D eigenvalue weighted by molar-refractivity contribution is -0.119. The van der Waals surface area contributed by atoms with Crippen molar-refractivity contribution in [3.05, 3.63) is 74.3 Å². The molecule has 0 saturated carbocycles. The summed E-state index contributed by atoms with van der Waals surface area (Å²) in [6.45, 7) is 3.73. The number of halogens is 2. The molecule has 4 aromatic rings. The molecular weight excluding hydrogens is 471 g/mol. The number of hydrogen-bond acceptors (Lipinski definition) is 6. The highest BCUT2D eigenvalue weighted by Crippen LogP contribution is 2.30. The largest absolute Gasteiger partial charge is 0.451 e. The van der Waals surface area contributed by atoms with Crippen LogP contribution < -0.4 is 5.32 Å². The zero-order valence-electron chi connectivity index (χ0n) is 17.2. The van der Waals surface area contributed by atoms with E-state index in [1.54, 1.807) is 13.0 Å². The molecule has 0 radical (unpaired) electrons. The van der Waals surface area contributed by atoms with Gasteiger partial charge in [-0.15, -0.1) is 11.3 Å². The number of nitrogens with one attached hydrogen (secondary N) is 1. The number of ether oxygens (including phenoxy) is 1. The van der Waals surface area contributed by atoms with Gasteiger partial charge in [0.05, 0.1) is 22.3 Å². The molecule has 0 aliphatic carbocycles. The zero-order chi connectivity index (χ0) is 22.8. The first-order valence-electron chi connectivity index (χ1n) is 9.62. The highest BCUT2D eigenvalue weighted by molar-refractivity contribution is 7.20. The minimum atomic E-state index is -0.585. The first-order chi connectivity index (χ1) is 15.3. The third kappa shape index (κ3) is 4.62. The summed E-state index contributed by atoms with van der Waals surface area (Å²) in [7, 11) is 0. The van der Waals surface area contributed by atoms with E-state index in [9.17, 15) is 9.59 Å². The molecule has 3 aromatic heterocycles. The number of nitrogens with zero attached hydrogens (tertiary/aromatic N) is 3. The number of amides is 1. The van der Waals surface area contributed by atoms with E-state index in [1.165, 1.54) is 17.5 Å². The van der Waals surface area contributed by atoms with Crippen LogP contribution in [0.15, 0.2) is 42.6 Å². The fourth-order valence-corrected chi connectivity index (χ4v) is 4.54. The lowest BCUT2D eigenvalue weighted by Gasteiger charge is -2.09. The molecule has 7 nitrogen and oxygen atoms in total. The number of thiophene rings is 1. The van der Waals surface area contributed by atoms with Crippen LogP contribution in [0.25, 0.3) is 10.2 Å². The molecule has 1 aromatic carbocycles. The molecule has 0 unspecified atom stereocenters. The third-order valence-corrected chi connectivity index (χ3v) is 6.75. The van der Waals surface area contributed by atoms with Crippen molar-refractivity contribution in [3.63, 3.8) is 0 Å². The molecule has 0 aliphatic heterocycles. The Morgan fingerprint density at radius 3 is 2.69 bits per heavy atom. The lowest BCUT2D eigenvalue weighted by Crippen LogP contribution is -2.21. The van der Waals surface area contributed by atoms with Crippen molar-refractivity contribution in [2.75, 3.05) is 11.9 Å². The summed E-state index contributed by atoms with van der Waals surface area (Å²) in [5, 5.41) is 8.61. The fourth-order valence-electron chi connectivity index (χ4n) is 3.09. The van der Waals surface area contributed by atoms with Crippen molar-refractivity contribution in [2.45, 2.75) is 20.4 Å². The van der Waals surface area contributed by atoms with E-state index in [0.717, 1.165) is 21.5 Å². The molecule has 0 aliphatic rings. The van der Waals surface area contributed by atoms with Crippen LogP contribution in [-0.4, -0.2) is 33.2 Å². The van der Waals surface area contributed by atoms with Gasteiger partial charge < -0.3 is 10.1 Å². The van der Waals surface area contributed by atoms with E-state index < -0.39 is 18.5 Å². The second kappa shape index (κ2) is 9.28. The van der Waals surface area contributed by atoms with Crippen molar-refractivity contribution in [1.29, 1.82) is 0 Å². The SMILES string of the molecule is Cc1c(Cl)cnc(NC(=O)COC(=O)c2cc3c(C)nn(Cc4ccccc4)c3s2)c1Cl. The van der Waals surface area contributed by atoms with Crippen molar-refractivity contribution in [2.24, 2.45) is 0 Å². The van der Waals surface area contributed by atoms with Crippen LogP contribution in [0.3, 0.4) is 0 Å². The molecule has 10 heteroatoms. The summed E-state index contributed by atoms with van der Waals surface area (Å²) in [5.74, 6) is -0.978. The minimum absolute atomic E-state index is 0.160. The number of benzene rings is 1. The van der Waals surface area contributed by atoms with Gasteiger partial charge in [0, 0.05) is 11.6 Å². The quantitative estimate of drug-likeness (QED) is 0.374. The highest BCUT2D eigenvalue weighted by atomic mass is 35.5. The summed E-state index contributed by atoms with van der Waals surface area (Å²) in [4.78, 5) is 30.0. The third-order valence-electron chi connectivity index (χ3n) is 4.78. The van der Waals surface area contributed by atoms with Crippen LogP contribution >= 0.6 is 34.5 Å². The summed E-state index contributed by atoms with van der Waals surface area (Å²) in [6, 6.07) is 11.7. The van der Waals surface area contributed by atoms with Crippen LogP contribution in [0.1, 0.15) is 26.5 Å². The number of hydrogen-bond donors (Lipinski definition) is 1. The predicted octanol–water partition coefficient (Wildman–Crippen LogP) is 5.26. The Hall–Kier alpha value is -2.94. The number of pyridine rings is 1. The van der Waals surface area contributed by atoms with Gasteiger partial charge in [-0.1, -0.05) is 53.5 Å². The van der Waals surface area contributed by atoms with Crippen LogP contribution in [-0.2, 0) is 16.1 Å². The van der Waals surface area contributed by atoms with Crippen molar-refractivity contribution in [3.8, 4) is 0 Å². The van der Waals surface area contributed by atoms with Crippen molar-refractivity contribution >= 4 is 62.4 Å². The topological polar surface area (TPSA) is 86.1 Å². The van der Waals surface area contributed by atoms with Gasteiger partial charge in [0.1, 0.15) is 9.71 Å². The molecule has 0 saturated heterocycles. The van der Waals surface area contributed by atoms with Gasteiger partial charge in [-0.3, -0.25) is 9.48 Å². The Kier molecular flexibility index (Phi) is 6.45. The minimum Gasteiger partial charge on any atom is -0.451 e. The molecule has 1 N–H and O–H groups in total. The van der Waals surface area contributed by atoms with Crippen LogP contribution in [0.5, 0.6) is 0 Å². The summed E-state index contributed by atoms with van der Waals surface area (Å²) < 4.78 is 7.05. The molecule has 1 amide bonds. The Morgan fingerprint density at radius 2 is 1.94 bits per heavy atom. The Morgan fingerprint density at radius 1 is 1.19 bits per heavy atom. The normalized spacial score (nSPS) is 11.0. The van der Waals surface area contributed by atoms with Gasteiger partial charge in [0.15, 0.2) is 12.4 Å². The molecule has 164 valence electrons. The summed E-state index contributed by atoms with van der Waals surface area (Å²) in [5.41, 5.74) is 2.53. The van der Waals surface area contributed by atoms with Gasteiger partial charge in [0.2, 0.25) is 0 Å². The molecule has 0 bridgehead atoms. The molecular formula is C22H18Cl2N4O3S. The summed E-state index contributed by atoms with van der Waals surface area (Å²) >= 11 is 13.4. The average molecular weight is 489 g/mol. The zero-order valence-corrected chi connectivity index (χ0v) is 19.5. The van der Waals surface area contributed by atoms with Crippen LogP contribution in [0.2, 0.25) is 10.0 Å². The molecule has 3 heterocycles. The first-order valence-corrected chi connectivity index (χ1v) is 11.2. The second-order valence-electron chi connectivity index (χ2n) is 7.08. The number of fused-ring (bicyclic) bond motifs is 1. The van der Waals surface area contributed by atoms with E-state index in [4.69, 9.17) is 27.9 Å². The summed E-state index contributed by atoms with van der Waals surface area (Å²) in [6.07, 6.45) is 1.39. The van der Waals surface area contributed by atoms with Gasteiger partial charge in [-0.05, 0) is 31.0 Å². The smallest absolute Gasteiger partial charge is 0.348 e. The van der Waals surface area contributed by atoms with Gasteiger partial charge >= 0.3 is 5.97 Å². The number of rotatable bonds is 6. The molecule has 4 rings (SSSR count). The van der Waals surface area contributed by atoms with E-state index >= 15 is 0 Å². The monoisotopic (exact) mass is 488 g/mol. The molecule has 0 atom stereocenters. The number of carbonyl (C=O) groups excluding carboxylic acids is 2. The second-order valence-corrected chi connectivity index (χ2v) is 8.89. The van der Waals surface area contributed by atoms with E-state index in [1.807, 2.05) is 41.9 Å². The lowest BCUT2D eigenvalue weighted by atomic mass is 10.2. The Balaban J connectivity index is 1.43. The first kappa shape index (κ1) is 22.3. The average Bonchev–Trinajstić information content (AvgIpc) is 3.34. The van der Waals surface area contributed by atoms with E-state index in [0.29, 0.717) is 22.0 Å². The maximum Gasteiger partial charge on any atom is 0.348 e. The number of anilines is 1. The van der Waals surface area contributed by atoms with E-state index in [-0.39, 0.29) is 10.8 Å². The molecule has 0 spiro atoms.